The number of urea groups is 1. The van der Waals surface area contributed by atoms with Gasteiger partial charge in [-0.1, -0.05) is 28.1 Å². The standard InChI is InChI=1S/C18H19BrN2O3/c1-12-9-13(7-8-15(12)19)20-18(22)21(2)10-14-11-23-16-5-3-4-6-17(16)24-14/h3-9,14H,10-11H2,1-2H3,(H,20,22). The summed E-state index contributed by atoms with van der Waals surface area (Å²) in [5.74, 6) is 1.46. The van der Waals surface area contributed by atoms with Crippen molar-refractivity contribution >= 4 is 27.6 Å². The number of carbonyl (C=O) groups excluding carboxylic acids is 1. The number of anilines is 1. The number of nitrogens with zero attached hydrogens (tertiary/aromatic N) is 1. The molecule has 0 radical (unpaired) electrons. The number of likely N-dealkylation sites (N-methyl/N-ethyl adjacent to an activating group) is 1. The van der Waals surface area contributed by atoms with Gasteiger partial charge in [-0.15, -0.1) is 0 Å². The van der Waals surface area contributed by atoms with E-state index in [1.165, 1.54) is 0 Å². The Morgan fingerprint density at radius 2 is 2.04 bits per heavy atom. The van der Waals surface area contributed by atoms with Crippen LogP contribution in [0.15, 0.2) is 46.9 Å². The molecule has 0 aromatic heterocycles. The zero-order valence-corrected chi connectivity index (χ0v) is 15.2. The SMILES string of the molecule is Cc1cc(NC(=O)N(C)CC2COc3ccccc3O2)ccc1Br. The smallest absolute Gasteiger partial charge is 0.321 e. The van der Waals surface area contributed by atoms with Gasteiger partial charge in [0.15, 0.2) is 17.6 Å². The normalized spacial score (nSPS) is 15.7. The first-order valence-electron chi connectivity index (χ1n) is 7.69. The average Bonchev–Trinajstić information content (AvgIpc) is 2.58. The van der Waals surface area contributed by atoms with Crippen LogP contribution in [0.25, 0.3) is 0 Å². The lowest BCUT2D eigenvalue weighted by Gasteiger charge is -2.29. The molecule has 6 heteroatoms. The topological polar surface area (TPSA) is 50.8 Å². The predicted molar refractivity (Wildman–Crippen MR) is 96.9 cm³/mol. The zero-order chi connectivity index (χ0) is 17.1. The summed E-state index contributed by atoms with van der Waals surface area (Å²) in [6.45, 7) is 2.84. The lowest BCUT2D eigenvalue weighted by molar-refractivity contribution is 0.0731. The van der Waals surface area contributed by atoms with E-state index < -0.39 is 0 Å². The molecule has 0 fully saturated rings. The Morgan fingerprint density at radius 1 is 1.29 bits per heavy atom. The van der Waals surface area contributed by atoms with Gasteiger partial charge in [0.05, 0.1) is 6.54 Å². The van der Waals surface area contributed by atoms with Crippen molar-refractivity contribution in [3.8, 4) is 11.5 Å². The van der Waals surface area contributed by atoms with Crippen molar-refractivity contribution in [1.82, 2.24) is 4.90 Å². The Balaban J connectivity index is 1.57. The molecule has 0 saturated heterocycles. The van der Waals surface area contributed by atoms with Crippen LogP contribution in [-0.4, -0.2) is 37.2 Å². The van der Waals surface area contributed by atoms with Crippen LogP contribution in [0.1, 0.15) is 5.56 Å². The molecular weight excluding hydrogens is 372 g/mol. The molecule has 2 amide bonds. The van der Waals surface area contributed by atoms with E-state index >= 15 is 0 Å². The molecule has 1 atom stereocenters. The van der Waals surface area contributed by atoms with E-state index in [1.807, 2.05) is 49.4 Å². The lowest BCUT2D eigenvalue weighted by atomic mass is 10.2. The number of hydrogen-bond acceptors (Lipinski definition) is 3. The highest BCUT2D eigenvalue weighted by atomic mass is 79.9. The van der Waals surface area contributed by atoms with Gasteiger partial charge in [0.25, 0.3) is 0 Å². The number of amides is 2. The molecule has 126 valence electrons. The van der Waals surface area contributed by atoms with E-state index in [2.05, 4.69) is 21.2 Å². The fourth-order valence-electron chi connectivity index (χ4n) is 2.48. The second-order valence-corrected chi connectivity index (χ2v) is 6.63. The molecule has 1 aliphatic rings. The van der Waals surface area contributed by atoms with Gasteiger partial charge in [-0.05, 0) is 42.8 Å². The molecule has 1 unspecified atom stereocenters. The number of hydrogen-bond donors (Lipinski definition) is 1. The highest BCUT2D eigenvalue weighted by molar-refractivity contribution is 9.10. The Bertz CT molecular complexity index is 751. The Hall–Kier alpha value is -2.21. The third-order valence-corrected chi connectivity index (χ3v) is 4.69. The summed E-state index contributed by atoms with van der Waals surface area (Å²) in [5, 5.41) is 2.89. The summed E-state index contributed by atoms with van der Waals surface area (Å²) in [4.78, 5) is 13.9. The van der Waals surface area contributed by atoms with E-state index in [4.69, 9.17) is 9.47 Å². The third-order valence-electron chi connectivity index (χ3n) is 3.80. The molecule has 0 saturated carbocycles. The maximum atomic E-state index is 12.3. The maximum absolute atomic E-state index is 12.3. The Kier molecular flexibility index (Phi) is 4.94. The van der Waals surface area contributed by atoms with E-state index in [0.717, 1.165) is 21.5 Å². The molecule has 3 rings (SSSR count). The number of rotatable bonds is 3. The summed E-state index contributed by atoms with van der Waals surface area (Å²) in [5.41, 5.74) is 1.83. The molecule has 5 nitrogen and oxygen atoms in total. The summed E-state index contributed by atoms with van der Waals surface area (Å²) < 4.78 is 12.6. The number of para-hydroxylation sites is 2. The average molecular weight is 391 g/mol. The summed E-state index contributed by atoms with van der Waals surface area (Å²) >= 11 is 3.45. The minimum absolute atomic E-state index is 0.181. The van der Waals surface area contributed by atoms with Crippen molar-refractivity contribution in [2.45, 2.75) is 13.0 Å². The van der Waals surface area contributed by atoms with Gasteiger partial charge in [-0.2, -0.15) is 0 Å². The second kappa shape index (κ2) is 7.13. The number of fused-ring (bicyclic) bond motifs is 1. The Morgan fingerprint density at radius 3 is 2.79 bits per heavy atom. The molecule has 1 aliphatic heterocycles. The molecule has 24 heavy (non-hydrogen) atoms. The number of ether oxygens (including phenoxy) is 2. The molecule has 0 aliphatic carbocycles. The summed E-state index contributed by atoms with van der Waals surface area (Å²) in [6, 6.07) is 13.1. The molecule has 2 aromatic rings. The zero-order valence-electron chi connectivity index (χ0n) is 13.6. The number of carbonyl (C=O) groups is 1. The molecule has 1 N–H and O–H groups in total. The first-order valence-corrected chi connectivity index (χ1v) is 8.49. The number of halogens is 1. The van der Waals surface area contributed by atoms with Gasteiger partial charge in [0, 0.05) is 17.2 Å². The quantitative estimate of drug-likeness (QED) is 0.859. The number of nitrogens with one attached hydrogen (secondary N) is 1. The van der Waals surface area contributed by atoms with Crippen LogP contribution in [0.5, 0.6) is 11.5 Å². The highest BCUT2D eigenvalue weighted by Gasteiger charge is 2.23. The lowest BCUT2D eigenvalue weighted by Crippen LogP contribution is -2.43. The second-order valence-electron chi connectivity index (χ2n) is 5.77. The molecule has 0 bridgehead atoms. The minimum Gasteiger partial charge on any atom is -0.486 e. The van der Waals surface area contributed by atoms with Crippen molar-refractivity contribution < 1.29 is 14.3 Å². The number of benzene rings is 2. The van der Waals surface area contributed by atoms with Gasteiger partial charge in [-0.25, -0.2) is 4.79 Å². The third kappa shape index (κ3) is 3.82. The van der Waals surface area contributed by atoms with Gasteiger partial charge >= 0.3 is 6.03 Å². The van der Waals surface area contributed by atoms with Gasteiger partial charge in [0.2, 0.25) is 0 Å². The molecular formula is C18H19BrN2O3. The molecule has 1 heterocycles. The van der Waals surface area contributed by atoms with Gasteiger partial charge in [-0.3, -0.25) is 0 Å². The largest absolute Gasteiger partial charge is 0.486 e. The Labute approximate surface area is 149 Å². The van der Waals surface area contributed by atoms with E-state index in [9.17, 15) is 4.79 Å². The molecule has 0 spiro atoms. The number of aryl methyl sites for hydroxylation is 1. The van der Waals surface area contributed by atoms with Crippen molar-refractivity contribution in [1.29, 1.82) is 0 Å². The van der Waals surface area contributed by atoms with Gasteiger partial charge in [0.1, 0.15) is 6.61 Å². The van der Waals surface area contributed by atoms with Crippen molar-refractivity contribution in [2.24, 2.45) is 0 Å². The monoisotopic (exact) mass is 390 g/mol. The van der Waals surface area contributed by atoms with Crippen LogP contribution in [0, 0.1) is 6.92 Å². The minimum atomic E-state index is -0.192. The maximum Gasteiger partial charge on any atom is 0.321 e. The van der Waals surface area contributed by atoms with Crippen molar-refractivity contribution in [3.05, 3.63) is 52.5 Å². The van der Waals surface area contributed by atoms with E-state index in [0.29, 0.717) is 18.9 Å². The first-order chi connectivity index (χ1) is 11.5. The van der Waals surface area contributed by atoms with Crippen LogP contribution in [-0.2, 0) is 0 Å². The van der Waals surface area contributed by atoms with E-state index in [-0.39, 0.29) is 12.1 Å². The van der Waals surface area contributed by atoms with Crippen LogP contribution in [0.3, 0.4) is 0 Å². The van der Waals surface area contributed by atoms with Crippen molar-refractivity contribution in [3.63, 3.8) is 0 Å². The van der Waals surface area contributed by atoms with Crippen LogP contribution < -0.4 is 14.8 Å². The van der Waals surface area contributed by atoms with Gasteiger partial charge < -0.3 is 19.7 Å². The van der Waals surface area contributed by atoms with Crippen molar-refractivity contribution in [2.75, 3.05) is 25.5 Å². The van der Waals surface area contributed by atoms with Crippen LogP contribution in [0.2, 0.25) is 0 Å². The molecule has 2 aromatic carbocycles. The highest BCUT2D eigenvalue weighted by Crippen LogP contribution is 2.31. The summed E-state index contributed by atoms with van der Waals surface area (Å²) in [7, 11) is 1.74. The van der Waals surface area contributed by atoms with Crippen LogP contribution in [0.4, 0.5) is 10.5 Å². The predicted octanol–water partition coefficient (Wildman–Crippen LogP) is 4.06. The fourth-order valence-corrected chi connectivity index (χ4v) is 2.73. The van der Waals surface area contributed by atoms with E-state index in [1.54, 1.807) is 11.9 Å². The van der Waals surface area contributed by atoms with Crippen LogP contribution >= 0.6 is 15.9 Å². The fraction of sp³-hybridized carbons (Fsp3) is 0.278. The summed E-state index contributed by atoms with van der Waals surface area (Å²) in [6.07, 6.45) is -0.192. The first kappa shape index (κ1) is 16.6.